The largest absolute Gasteiger partial charge is 0.460 e. The summed E-state index contributed by atoms with van der Waals surface area (Å²) < 4.78 is 10.2. The van der Waals surface area contributed by atoms with Crippen LogP contribution < -0.4 is 0 Å². The maximum absolute atomic E-state index is 11.7. The molecule has 1 unspecified atom stereocenters. The van der Waals surface area contributed by atoms with E-state index < -0.39 is 5.97 Å². The first-order valence-corrected chi connectivity index (χ1v) is 6.48. The van der Waals surface area contributed by atoms with Crippen LogP contribution in [0.3, 0.4) is 0 Å². The average molecular weight is 256 g/mol. The molecule has 0 saturated carbocycles. The second-order valence-electron chi connectivity index (χ2n) is 4.51. The molecular formula is C14H24O4. The monoisotopic (exact) mass is 256 g/mol. The molecule has 0 heterocycles. The fourth-order valence-electron chi connectivity index (χ4n) is 1.20. The minimum atomic E-state index is -0.413. The van der Waals surface area contributed by atoms with E-state index in [1.807, 2.05) is 13.8 Å². The first kappa shape index (κ1) is 16.7. The molecule has 0 N–H and O–H groups in total. The van der Waals surface area contributed by atoms with Gasteiger partial charge in [0.1, 0.15) is 6.61 Å². The maximum Gasteiger partial charge on any atom is 0.337 e. The smallest absolute Gasteiger partial charge is 0.337 e. The molecular weight excluding hydrogens is 232 g/mol. The fourth-order valence-corrected chi connectivity index (χ4v) is 1.20. The van der Waals surface area contributed by atoms with Crippen molar-refractivity contribution in [2.24, 2.45) is 5.92 Å². The number of esters is 2. The molecule has 0 aliphatic rings. The van der Waals surface area contributed by atoms with E-state index in [0.29, 0.717) is 12.0 Å². The quantitative estimate of drug-likeness (QED) is 0.519. The molecule has 0 aromatic carbocycles. The molecule has 0 aromatic heterocycles. The van der Waals surface area contributed by atoms with Crippen LogP contribution in [0.1, 0.15) is 47.5 Å². The Labute approximate surface area is 109 Å². The van der Waals surface area contributed by atoms with E-state index in [0.717, 1.165) is 6.42 Å². The Morgan fingerprint density at radius 2 is 1.78 bits per heavy atom. The molecule has 1 atom stereocenters. The SMILES string of the molecule is CCC=C(COC(=O)C(C)CC)C(=O)OC(C)C. The summed E-state index contributed by atoms with van der Waals surface area (Å²) in [6, 6.07) is 0. The number of carbonyl (C=O) groups is 2. The van der Waals surface area contributed by atoms with Crippen LogP contribution in [-0.2, 0) is 19.1 Å². The summed E-state index contributed by atoms with van der Waals surface area (Å²) in [5, 5.41) is 0. The summed E-state index contributed by atoms with van der Waals surface area (Å²) in [4.78, 5) is 23.2. The highest BCUT2D eigenvalue weighted by molar-refractivity contribution is 5.89. The zero-order valence-electron chi connectivity index (χ0n) is 12.0. The molecule has 4 nitrogen and oxygen atoms in total. The van der Waals surface area contributed by atoms with Crippen molar-refractivity contribution in [2.75, 3.05) is 6.61 Å². The highest BCUT2D eigenvalue weighted by Crippen LogP contribution is 2.08. The van der Waals surface area contributed by atoms with E-state index in [1.54, 1.807) is 26.8 Å². The molecule has 0 bridgehead atoms. The fraction of sp³-hybridized carbons (Fsp3) is 0.714. The van der Waals surface area contributed by atoms with Crippen molar-refractivity contribution in [3.8, 4) is 0 Å². The van der Waals surface area contributed by atoms with Gasteiger partial charge in [-0.25, -0.2) is 4.79 Å². The standard InChI is InChI=1S/C14H24O4/c1-6-8-12(14(16)18-10(3)4)9-17-13(15)11(5)7-2/h8,10-11H,6-7,9H2,1-5H3. The first-order chi connectivity index (χ1) is 8.42. The van der Waals surface area contributed by atoms with Crippen LogP contribution in [0.15, 0.2) is 11.6 Å². The van der Waals surface area contributed by atoms with Crippen LogP contribution in [0.2, 0.25) is 0 Å². The van der Waals surface area contributed by atoms with Crippen LogP contribution in [0, 0.1) is 5.92 Å². The molecule has 0 saturated heterocycles. The highest BCUT2D eigenvalue weighted by Gasteiger charge is 2.17. The lowest BCUT2D eigenvalue weighted by Crippen LogP contribution is -2.21. The van der Waals surface area contributed by atoms with Crippen molar-refractivity contribution in [3.63, 3.8) is 0 Å². The molecule has 0 aliphatic carbocycles. The van der Waals surface area contributed by atoms with Gasteiger partial charge in [-0.1, -0.05) is 26.8 Å². The van der Waals surface area contributed by atoms with Crippen LogP contribution in [0.5, 0.6) is 0 Å². The van der Waals surface area contributed by atoms with Crippen LogP contribution in [0.4, 0.5) is 0 Å². The first-order valence-electron chi connectivity index (χ1n) is 6.48. The lowest BCUT2D eigenvalue weighted by atomic mass is 10.1. The Morgan fingerprint density at radius 3 is 2.22 bits per heavy atom. The molecule has 0 aliphatic heterocycles. The molecule has 0 amide bonds. The van der Waals surface area contributed by atoms with E-state index in [9.17, 15) is 9.59 Å². The zero-order chi connectivity index (χ0) is 14.1. The van der Waals surface area contributed by atoms with Gasteiger partial charge in [-0.15, -0.1) is 0 Å². The number of ether oxygens (including phenoxy) is 2. The lowest BCUT2D eigenvalue weighted by Gasteiger charge is -2.13. The third kappa shape index (κ3) is 6.42. The second kappa shape index (κ2) is 8.72. The van der Waals surface area contributed by atoms with Gasteiger partial charge in [-0.3, -0.25) is 4.79 Å². The third-order valence-corrected chi connectivity index (χ3v) is 2.44. The normalized spacial score (nSPS) is 13.3. The lowest BCUT2D eigenvalue weighted by molar-refractivity contribution is -0.149. The Bertz CT molecular complexity index is 305. The minimum absolute atomic E-state index is 0.0113. The van der Waals surface area contributed by atoms with Crippen molar-refractivity contribution >= 4 is 11.9 Å². The Balaban J connectivity index is 4.43. The second-order valence-corrected chi connectivity index (χ2v) is 4.51. The van der Waals surface area contributed by atoms with Crippen molar-refractivity contribution < 1.29 is 19.1 Å². The number of rotatable bonds is 7. The van der Waals surface area contributed by atoms with Crippen LogP contribution in [0.25, 0.3) is 0 Å². The van der Waals surface area contributed by atoms with Gasteiger partial charge >= 0.3 is 11.9 Å². The van der Waals surface area contributed by atoms with E-state index in [-0.39, 0.29) is 24.6 Å². The number of carbonyl (C=O) groups excluding carboxylic acids is 2. The average Bonchev–Trinajstić information content (AvgIpc) is 2.31. The van der Waals surface area contributed by atoms with Gasteiger partial charge in [0, 0.05) is 0 Å². The van der Waals surface area contributed by atoms with Crippen molar-refractivity contribution in [2.45, 2.75) is 53.6 Å². The number of hydrogen-bond acceptors (Lipinski definition) is 4. The zero-order valence-corrected chi connectivity index (χ0v) is 12.0. The molecule has 0 spiro atoms. The highest BCUT2D eigenvalue weighted by atomic mass is 16.6. The molecule has 0 aromatic rings. The molecule has 0 fully saturated rings. The molecule has 4 heteroatoms. The van der Waals surface area contributed by atoms with Gasteiger partial charge in [0.25, 0.3) is 0 Å². The van der Waals surface area contributed by atoms with Crippen LogP contribution >= 0.6 is 0 Å². The minimum Gasteiger partial charge on any atom is -0.460 e. The van der Waals surface area contributed by atoms with Crippen LogP contribution in [-0.4, -0.2) is 24.6 Å². The van der Waals surface area contributed by atoms with Gasteiger partial charge in [0.15, 0.2) is 0 Å². The maximum atomic E-state index is 11.7. The van der Waals surface area contributed by atoms with Gasteiger partial charge in [-0.05, 0) is 26.7 Å². The van der Waals surface area contributed by atoms with Crippen molar-refractivity contribution in [3.05, 3.63) is 11.6 Å². The van der Waals surface area contributed by atoms with Crippen molar-refractivity contribution in [1.82, 2.24) is 0 Å². The number of allylic oxidation sites excluding steroid dienone is 1. The summed E-state index contributed by atoms with van der Waals surface area (Å²) in [6.07, 6.45) is 2.98. The van der Waals surface area contributed by atoms with E-state index in [2.05, 4.69) is 0 Å². The predicted octanol–water partition coefficient (Wildman–Crippen LogP) is 2.86. The summed E-state index contributed by atoms with van der Waals surface area (Å²) >= 11 is 0. The topological polar surface area (TPSA) is 52.6 Å². The molecule has 18 heavy (non-hydrogen) atoms. The summed E-state index contributed by atoms with van der Waals surface area (Å²) in [5.74, 6) is -0.838. The summed E-state index contributed by atoms with van der Waals surface area (Å²) in [6.45, 7) is 9.20. The Hall–Kier alpha value is -1.32. The van der Waals surface area contributed by atoms with Gasteiger partial charge in [-0.2, -0.15) is 0 Å². The third-order valence-electron chi connectivity index (χ3n) is 2.44. The summed E-state index contributed by atoms with van der Waals surface area (Å²) in [5.41, 5.74) is 0.405. The van der Waals surface area contributed by atoms with E-state index in [4.69, 9.17) is 9.47 Å². The summed E-state index contributed by atoms with van der Waals surface area (Å²) in [7, 11) is 0. The molecule has 0 rings (SSSR count). The van der Waals surface area contributed by atoms with E-state index in [1.165, 1.54) is 0 Å². The Kier molecular flexibility index (Phi) is 8.08. The van der Waals surface area contributed by atoms with Crippen molar-refractivity contribution in [1.29, 1.82) is 0 Å². The molecule has 0 radical (unpaired) electrons. The molecule has 104 valence electrons. The Morgan fingerprint density at radius 1 is 1.17 bits per heavy atom. The van der Waals surface area contributed by atoms with Gasteiger partial charge < -0.3 is 9.47 Å². The van der Waals surface area contributed by atoms with E-state index >= 15 is 0 Å². The van der Waals surface area contributed by atoms with Gasteiger partial charge in [0.05, 0.1) is 17.6 Å². The number of hydrogen-bond donors (Lipinski definition) is 0. The van der Waals surface area contributed by atoms with Gasteiger partial charge in [0.2, 0.25) is 0 Å². The predicted molar refractivity (Wildman–Crippen MR) is 70.0 cm³/mol.